The summed E-state index contributed by atoms with van der Waals surface area (Å²) >= 11 is 0. The van der Waals surface area contributed by atoms with Gasteiger partial charge in [0.05, 0.1) is 6.07 Å². The van der Waals surface area contributed by atoms with Gasteiger partial charge in [-0.3, -0.25) is 0 Å². The topological polar surface area (TPSA) is 35.8 Å². The predicted octanol–water partition coefficient (Wildman–Crippen LogP) is 1.68. The van der Waals surface area contributed by atoms with Crippen molar-refractivity contribution in [1.82, 2.24) is 5.32 Å². The Balaban J connectivity index is 2.01. The zero-order valence-corrected chi connectivity index (χ0v) is 7.14. The molecule has 1 unspecified atom stereocenters. The van der Waals surface area contributed by atoms with Crippen LogP contribution in [0.1, 0.15) is 32.6 Å². The molecular formula is C9H16N2. The van der Waals surface area contributed by atoms with Crippen molar-refractivity contribution >= 4 is 0 Å². The molecule has 0 heterocycles. The van der Waals surface area contributed by atoms with Crippen LogP contribution in [0, 0.1) is 17.2 Å². The third-order valence-corrected chi connectivity index (χ3v) is 2.56. The summed E-state index contributed by atoms with van der Waals surface area (Å²) in [5.41, 5.74) is 0. The highest BCUT2D eigenvalue weighted by Gasteiger charge is 2.22. The largest absolute Gasteiger partial charge is 0.313 e. The van der Waals surface area contributed by atoms with Crippen molar-refractivity contribution in [3.63, 3.8) is 0 Å². The summed E-state index contributed by atoms with van der Waals surface area (Å²) in [6, 6.07) is 2.76. The van der Waals surface area contributed by atoms with E-state index < -0.39 is 0 Å². The third kappa shape index (κ3) is 2.51. The van der Waals surface area contributed by atoms with Gasteiger partial charge >= 0.3 is 0 Å². The third-order valence-electron chi connectivity index (χ3n) is 2.56. The van der Waals surface area contributed by atoms with E-state index in [-0.39, 0.29) is 0 Å². The van der Waals surface area contributed by atoms with Crippen LogP contribution in [-0.2, 0) is 0 Å². The van der Waals surface area contributed by atoms with Gasteiger partial charge in [-0.2, -0.15) is 5.26 Å². The van der Waals surface area contributed by atoms with Gasteiger partial charge < -0.3 is 5.32 Å². The zero-order chi connectivity index (χ0) is 8.10. The highest BCUT2D eigenvalue weighted by molar-refractivity contribution is 4.80. The summed E-state index contributed by atoms with van der Waals surface area (Å²) < 4.78 is 0. The standard InChI is InChI=1S/C9H16N2/c1-8(9-4-2-5-9)11-7-3-6-10/h8-9,11H,2-5,7H2,1H3. The maximum Gasteiger partial charge on any atom is 0.0635 e. The van der Waals surface area contributed by atoms with Gasteiger partial charge in [-0.25, -0.2) is 0 Å². The molecule has 62 valence electrons. The molecule has 1 fully saturated rings. The van der Waals surface area contributed by atoms with E-state index in [0.717, 1.165) is 12.5 Å². The average molecular weight is 152 g/mol. The summed E-state index contributed by atoms with van der Waals surface area (Å²) in [5, 5.41) is 11.7. The minimum absolute atomic E-state index is 0.622. The summed E-state index contributed by atoms with van der Waals surface area (Å²) in [5.74, 6) is 0.883. The minimum Gasteiger partial charge on any atom is -0.313 e. The SMILES string of the molecule is CC(NCCC#N)C1CCC1. The molecule has 0 radical (unpaired) electrons. The van der Waals surface area contributed by atoms with Gasteiger partial charge in [-0.15, -0.1) is 0 Å². The van der Waals surface area contributed by atoms with Crippen molar-refractivity contribution in [3.8, 4) is 6.07 Å². The lowest BCUT2D eigenvalue weighted by atomic mass is 9.80. The van der Waals surface area contributed by atoms with Gasteiger partial charge in [0, 0.05) is 19.0 Å². The van der Waals surface area contributed by atoms with E-state index in [4.69, 9.17) is 5.26 Å². The van der Waals surface area contributed by atoms with Gasteiger partial charge in [0.15, 0.2) is 0 Å². The van der Waals surface area contributed by atoms with Crippen LogP contribution in [0.25, 0.3) is 0 Å². The molecule has 2 heteroatoms. The molecule has 1 aliphatic rings. The Labute approximate surface area is 68.6 Å². The average Bonchev–Trinajstić information content (AvgIpc) is 1.84. The second-order valence-electron chi connectivity index (χ2n) is 3.34. The molecule has 0 spiro atoms. The molecule has 0 aromatic rings. The smallest absolute Gasteiger partial charge is 0.0635 e. The number of nitrogens with one attached hydrogen (secondary N) is 1. The lowest BCUT2D eigenvalue weighted by Gasteiger charge is -2.31. The second-order valence-corrected chi connectivity index (χ2v) is 3.34. The first-order chi connectivity index (χ1) is 5.34. The lowest BCUT2D eigenvalue weighted by molar-refractivity contribution is 0.242. The molecule has 1 N–H and O–H groups in total. The van der Waals surface area contributed by atoms with Crippen LogP contribution in [0.4, 0.5) is 0 Å². The van der Waals surface area contributed by atoms with Crippen molar-refractivity contribution in [2.45, 2.75) is 38.6 Å². The Kier molecular flexibility index (Phi) is 3.38. The number of nitriles is 1. The fraction of sp³-hybridized carbons (Fsp3) is 0.889. The van der Waals surface area contributed by atoms with Crippen LogP contribution < -0.4 is 5.32 Å². The normalized spacial score (nSPS) is 20.4. The number of nitrogens with zero attached hydrogens (tertiary/aromatic N) is 1. The van der Waals surface area contributed by atoms with Crippen LogP contribution in [0.15, 0.2) is 0 Å². The Morgan fingerprint density at radius 2 is 2.36 bits per heavy atom. The minimum atomic E-state index is 0.622. The fourth-order valence-electron chi connectivity index (χ4n) is 1.46. The Hall–Kier alpha value is -0.550. The van der Waals surface area contributed by atoms with Crippen molar-refractivity contribution in [2.24, 2.45) is 5.92 Å². The van der Waals surface area contributed by atoms with Crippen molar-refractivity contribution in [2.75, 3.05) is 6.54 Å². The lowest BCUT2D eigenvalue weighted by Crippen LogP contribution is -2.37. The van der Waals surface area contributed by atoms with E-state index in [0.29, 0.717) is 12.5 Å². The number of rotatable bonds is 4. The maximum atomic E-state index is 8.30. The Morgan fingerprint density at radius 1 is 1.64 bits per heavy atom. The van der Waals surface area contributed by atoms with E-state index in [9.17, 15) is 0 Å². The van der Waals surface area contributed by atoms with Crippen LogP contribution in [0.3, 0.4) is 0 Å². The van der Waals surface area contributed by atoms with Gasteiger partial charge in [-0.1, -0.05) is 6.42 Å². The molecule has 1 saturated carbocycles. The zero-order valence-electron chi connectivity index (χ0n) is 7.14. The molecule has 0 saturated heterocycles. The quantitative estimate of drug-likeness (QED) is 0.622. The molecule has 0 amide bonds. The molecule has 1 atom stereocenters. The van der Waals surface area contributed by atoms with Crippen LogP contribution >= 0.6 is 0 Å². The van der Waals surface area contributed by atoms with Crippen molar-refractivity contribution in [3.05, 3.63) is 0 Å². The van der Waals surface area contributed by atoms with Gasteiger partial charge in [0.2, 0.25) is 0 Å². The van der Waals surface area contributed by atoms with E-state index in [2.05, 4.69) is 18.3 Å². The molecule has 0 aliphatic heterocycles. The Bertz CT molecular complexity index is 144. The first-order valence-electron chi connectivity index (χ1n) is 4.45. The van der Waals surface area contributed by atoms with E-state index in [1.165, 1.54) is 19.3 Å². The van der Waals surface area contributed by atoms with Gasteiger partial charge in [0.25, 0.3) is 0 Å². The summed E-state index contributed by atoms with van der Waals surface area (Å²) in [4.78, 5) is 0. The van der Waals surface area contributed by atoms with Crippen molar-refractivity contribution < 1.29 is 0 Å². The van der Waals surface area contributed by atoms with Crippen LogP contribution in [0.2, 0.25) is 0 Å². The summed E-state index contributed by atoms with van der Waals surface area (Å²) in [6.07, 6.45) is 4.79. The highest BCUT2D eigenvalue weighted by atomic mass is 14.9. The summed E-state index contributed by atoms with van der Waals surface area (Å²) in [7, 11) is 0. The second kappa shape index (κ2) is 4.35. The molecule has 0 bridgehead atoms. The van der Waals surface area contributed by atoms with E-state index >= 15 is 0 Å². The molecular weight excluding hydrogens is 136 g/mol. The number of hydrogen-bond acceptors (Lipinski definition) is 2. The maximum absolute atomic E-state index is 8.30. The molecule has 11 heavy (non-hydrogen) atoms. The molecule has 0 aromatic carbocycles. The first-order valence-corrected chi connectivity index (χ1v) is 4.45. The molecule has 1 rings (SSSR count). The fourth-order valence-corrected chi connectivity index (χ4v) is 1.46. The Morgan fingerprint density at radius 3 is 2.82 bits per heavy atom. The van der Waals surface area contributed by atoms with Crippen LogP contribution in [-0.4, -0.2) is 12.6 Å². The molecule has 2 nitrogen and oxygen atoms in total. The summed E-state index contributed by atoms with van der Waals surface area (Å²) in [6.45, 7) is 3.08. The molecule has 0 aromatic heterocycles. The van der Waals surface area contributed by atoms with E-state index in [1.807, 2.05) is 0 Å². The van der Waals surface area contributed by atoms with E-state index in [1.54, 1.807) is 0 Å². The van der Waals surface area contributed by atoms with Crippen LogP contribution in [0.5, 0.6) is 0 Å². The number of hydrogen-bond donors (Lipinski definition) is 1. The predicted molar refractivity (Wildman–Crippen MR) is 45.0 cm³/mol. The monoisotopic (exact) mass is 152 g/mol. The first kappa shape index (κ1) is 8.55. The highest BCUT2D eigenvalue weighted by Crippen LogP contribution is 2.29. The molecule has 1 aliphatic carbocycles. The van der Waals surface area contributed by atoms with Gasteiger partial charge in [-0.05, 0) is 25.7 Å². The van der Waals surface area contributed by atoms with Gasteiger partial charge in [0.1, 0.15) is 0 Å². The van der Waals surface area contributed by atoms with Crippen molar-refractivity contribution in [1.29, 1.82) is 5.26 Å².